The zero-order chi connectivity index (χ0) is 18.8. The van der Waals surface area contributed by atoms with Crippen LogP contribution in [0.3, 0.4) is 0 Å². The molecule has 0 saturated heterocycles. The van der Waals surface area contributed by atoms with Crippen LogP contribution in [0.15, 0.2) is 18.3 Å². The van der Waals surface area contributed by atoms with Crippen LogP contribution in [0.5, 0.6) is 0 Å². The van der Waals surface area contributed by atoms with E-state index in [-0.39, 0.29) is 23.1 Å². The van der Waals surface area contributed by atoms with Gasteiger partial charge in [0, 0.05) is 23.3 Å². The number of anilines is 3. The van der Waals surface area contributed by atoms with Crippen LogP contribution in [0.2, 0.25) is 0 Å². The molecule has 136 valence electrons. The minimum absolute atomic E-state index is 0.0980. The summed E-state index contributed by atoms with van der Waals surface area (Å²) < 4.78 is 38.4. The number of hydrogen-bond acceptors (Lipinski definition) is 6. The largest absolute Gasteiger partial charge is 0.433 e. The molecule has 0 aliphatic rings. The van der Waals surface area contributed by atoms with E-state index in [0.29, 0.717) is 11.8 Å². The highest BCUT2D eigenvalue weighted by Crippen LogP contribution is 2.29. The van der Waals surface area contributed by atoms with Gasteiger partial charge in [0.1, 0.15) is 11.5 Å². The Morgan fingerprint density at radius 1 is 1.00 bits per heavy atom. The van der Waals surface area contributed by atoms with Crippen LogP contribution in [-0.4, -0.2) is 26.0 Å². The van der Waals surface area contributed by atoms with Gasteiger partial charge >= 0.3 is 6.18 Å². The summed E-state index contributed by atoms with van der Waals surface area (Å²) in [6, 6.07) is 2.43. The Kier molecular flexibility index (Phi) is 5.15. The Hall–Kier alpha value is -2.45. The molecule has 0 radical (unpaired) electrons. The normalized spacial score (nSPS) is 12.4. The fourth-order valence-electron chi connectivity index (χ4n) is 1.88. The zero-order valence-electron chi connectivity index (χ0n) is 14.7. The van der Waals surface area contributed by atoms with Crippen molar-refractivity contribution in [3.63, 3.8) is 0 Å². The Bertz CT molecular complexity index is 737. The zero-order valence-corrected chi connectivity index (χ0v) is 14.7. The van der Waals surface area contributed by atoms with Gasteiger partial charge in [0.15, 0.2) is 0 Å². The summed E-state index contributed by atoms with van der Waals surface area (Å²) in [5, 5.41) is 5.88. The minimum Gasteiger partial charge on any atom is -0.352 e. The molecule has 2 aromatic rings. The van der Waals surface area contributed by atoms with Crippen molar-refractivity contribution in [2.75, 3.05) is 10.6 Å². The quantitative estimate of drug-likeness (QED) is 0.859. The van der Waals surface area contributed by atoms with Crippen LogP contribution in [0, 0.1) is 0 Å². The fraction of sp³-hybridized carbons (Fsp3) is 0.500. The highest BCUT2D eigenvalue weighted by Gasteiger charge is 2.32. The van der Waals surface area contributed by atoms with Gasteiger partial charge in [-0.25, -0.2) is 0 Å². The molecular formula is C16H21F3N6. The summed E-state index contributed by atoms with van der Waals surface area (Å²) in [4.78, 5) is 16.3. The van der Waals surface area contributed by atoms with Crippen LogP contribution in [0.25, 0.3) is 0 Å². The average molecular weight is 354 g/mol. The first-order valence-corrected chi connectivity index (χ1v) is 7.78. The topological polar surface area (TPSA) is 75.6 Å². The second-order valence-electron chi connectivity index (χ2n) is 6.91. The lowest BCUT2D eigenvalue weighted by atomic mass is 9.96. The number of alkyl halides is 3. The number of hydrogen-bond donors (Lipinski definition) is 2. The van der Waals surface area contributed by atoms with Crippen molar-refractivity contribution >= 4 is 17.6 Å². The van der Waals surface area contributed by atoms with Crippen molar-refractivity contribution in [2.24, 2.45) is 0 Å². The predicted octanol–water partition coefficient (Wildman–Crippen LogP) is 4.15. The molecule has 0 fully saturated rings. The summed E-state index contributed by atoms with van der Waals surface area (Å²) in [7, 11) is 0. The minimum atomic E-state index is -4.52. The molecule has 0 aliphatic carbocycles. The summed E-state index contributed by atoms with van der Waals surface area (Å²) in [6.45, 7) is 9.70. The van der Waals surface area contributed by atoms with E-state index in [0.717, 1.165) is 12.3 Å². The molecule has 0 aromatic carbocycles. The number of nitrogens with zero attached hydrogens (tertiary/aromatic N) is 4. The van der Waals surface area contributed by atoms with Crippen molar-refractivity contribution in [1.82, 2.24) is 19.9 Å². The molecule has 9 heteroatoms. The number of aromatic nitrogens is 4. The van der Waals surface area contributed by atoms with E-state index in [9.17, 15) is 13.2 Å². The molecule has 0 bridgehead atoms. The average Bonchev–Trinajstić information content (AvgIpc) is 2.44. The number of rotatable bonds is 4. The molecular weight excluding hydrogens is 333 g/mol. The third-order valence-electron chi connectivity index (χ3n) is 3.03. The molecule has 6 nitrogen and oxygen atoms in total. The second-order valence-corrected chi connectivity index (χ2v) is 6.91. The molecule has 2 aromatic heterocycles. The SMILES string of the molecule is CC(C)Nc1nc(Nc2ccnc(C(F)(F)F)c2)nc(C(C)(C)C)n1. The highest BCUT2D eigenvalue weighted by molar-refractivity contribution is 5.54. The van der Waals surface area contributed by atoms with Gasteiger partial charge in [0.05, 0.1) is 0 Å². The van der Waals surface area contributed by atoms with Gasteiger partial charge in [-0.3, -0.25) is 4.98 Å². The fourth-order valence-corrected chi connectivity index (χ4v) is 1.88. The Morgan fingerprint density at radius 2 is 1.64 bits per heavy atom. The van der Waals surface area contributed by atoms with Gasteiger partial charge in [0.2, 0.25) is 11.9 Å². The molecule has 0 unspecified atom stereocenters. The van der Waals surface area contributed by atoms with Crippen LogP contribution < -0.4 is 10.6 Å². The molecule has 0 aliphatic heterocycles. The van der Waals surface area contributed by atoms with Crippen molar-refractivity contribution in [3.8, 4) is 0 Å². The Balaban J connectivity index is 2.38. The van der Waals surface area contributed by atoms with E-state index < -0.39 is 11.9 Å². The lowest BCUT2D eigenvalue weighted by Crippen LogP contribution is -2.21. The molecule has 0 saturated carbocycles. The summed E-state index contributed by atoms with van der Waals surface area (Å²) in [6.07, 6.45) is -3.43. The first-order chi connectivity index (χ1) is 11.4. The number of halogens is 3. The van der Waals surface area contributed by atoms with Gasteiger partial charge in [-0.2, -0.15) is 28.1 Å². The third kappa shape index (κ3) is 5.27. The number of nitrogens with one attached hydrogen (secondary N) is 2. The van der Waals surface area contributed by atoms with Crippen LogP contribution in [0.1, 0.15) is 46.1 Å². The monoisotopic (exact) mass is 354 g/mol. The summed E-state index contributed by atoms with van der Waals surface area (Å²) >= 11 is 0. The van der Waals surface area contributed by atoms with Crippen molar-refractivity contribution < 1.29 is 13.2 Å². The lowest BCUT2D eigenvalue weighted by molar-refractivity contribution is -0.141. The Morgan fingerprint density at radius 3 is 2.20 bits per heavy atom. The summed E-state index contributed by atoms with van der Waals surface area (Å²) in [5.41, 5.74) is -1.13. The maximum Gasteiger partial charge on any atom is 0.433 e. The van der Waals surface area contributed by atoms with E-state index in [1.54, 1.807) is 0 Å². The van der Waals surface area contributed by atoms with Crippen molar-refractivity contribution in [1.29, 1.82) is 0 Å². The molecule has 0 spiro atoms. The number of pyridine rings is 1. The van der Waals surface area contributed by atoms with Crippen LogP contribution in [-0.2, 0) is 11.6 Å². The molecule has 2 N–H and O–H groups in total. The maximum absolute atomic E-state index is 12.8. The van der Waals surface area contributed by atoms with E-state index in [2.05, 4.69) is 30.6 Å². The lowest BCUT2D eigenvalue weighted by Gasteiger charge is -2.19. The standard InChI is InChI=1S/C16H21F3N6/c1-9(2)21-13-23-12(15(3,4)5)24-14(25-13)22-10-6-7-20-11(8-10)16(17,18)19/h6-9H,1-5H3,(H2,20,21,22,23,24,25). The maximum atomic E-state index is 12.8. The molecule has 2 heterocycles. The molecule has 25 heavy (non-hydrogen) atoms. The van der Waals surface area contributed by atoms with Crippen molar-refractivity contribution in [2.45, 2.75) is 52.3 Å². The van der Waals surface area contributed by atoms with Crippen LogP contribution in [0.4, 0.5) is 30.8 Å². The van der Waals surface area contributed by atoms with E-state index in [1.165, 1.54) is 6.07 Å². The molecule has 0 atom stereocenters. The van der Waals surface area contributed by atoms with E-state index >= 15 is 0 Å². The first-order valence-electron chi connectivity index (χ1n) is 7.78. The van der Waals surface area contributed by atoms with Crippen LogP contribution >= 0.6 is 0 Å². The smallest absolute Gasteiger partial charge is 0.352 e. The molecule has 2 rings (SSSR count). The van der Waals surface area contributed by atoms with E-state index in [4.69, 9.17) is 0 Å². The van der Waals surface area contributed by atoms with Gasteiger partial charge < -0.3 is 10.6 Å². The van der Waals surface area contributed by atoms with Gasteiger partial charge in [-0.1, -0.05) is 20.8 Å². The second kappa shape index (κ2) is 6.81. The summed E-state index contributed by atoms with van der Waals surface area (Å²) in [5.74, 6) is 1.06. The van der Waals surface area contributed by atoms with Gasteiger partial charge in [-0.05, 0) is 26.0 Å². The first kappa shape index (κ1) is 18.9. The van der Waals surface area contributed by atoms with Crippen molar-refractivity contribution in [3.05, 3.63) is 29.8 Å². The van der Waals surface area contributed by atoms with E-state index in [1.807, 2.05) is 34.6 Å². The highest BCUT2D eigenvalue weighted by atomic mass is 19.4. The molecule has 0 amide bonds. The van der Waals surface area contributed by atoms with Gasteiger partial charge in [0.25, 0.3) is 0 Å². The Labute approximate surface area is 144 Å². The van der Waals surface area contributed by atoms with Gasteiger partial charge in [-0.15, -0.1) is 0 Å². The third-order valence-corrected chi connectivity index (χ3v) is 3.03. The predicted molar refractivity (Wildman–Crippen MR) is 89.8 cm³/mol.